The third-order valence-corrected chi connectivity index (χ3v) is 4.64. The van der Waals surface area contributed by atoms with Gasteiger partial charge in [-0.15, -0.1) is 0 Å². The number of carbonyl (C=O) groups is 1. The fourth-order valence-electron chi connectivity index (χ4n) is 3.08. The predicted octanol–water partition coefficient (Wildman–Crippen LogP) is 4.37. The summed E-state index contributed by atoms with van der Waals surface area (Å²) in [6, 6.07) is 5.58. The number of nitrogens with zero attached hydrogens (tertiary/aromatic N) is 2. The number of aromatic nitrogens is 2. The number of rotatable bonds is 4. The summed E-state index contributed by atoms with van der Waals surface area (Å²) in [7, 11) is 1.58. The van der Waals surface area contributed by atoms with Gasteiger partial charge in [0.2, 0.25) is 11.7 Å². The number of fused-ring (bicyclic) bond motifs is 1. The Kier molecular flexibility index (Phi) is 5.83. The second-order valence-electron chi connectivity index (χ2n) is 9.32. The summed E-state index contributed by atoms with van der Waals surface area (Å²) >= 11 is 0. The molecule has 1 N–H and O–H groups in total. The molecule has 0 aliphatic carbocycles. The fourth-order valence-corrected chi connectivity index (χ4v) is 3.08. The van der Waals surface area contributed by atoms with E-state index in [1.54, 1.807) is 13.2 Å². The second-order valence-corrected chi connectivity index (χ2v) is 9.32. The number of amides is 1. The van der Waals surface area contributed by atoms with E-state index in [1.165, 1.54) is 6.08 Å². The smallest absolute Gasteiger partial charge is 0.249 e. The van der Waals surface area contributed by atoms with Crippen LogP contribution >= 0.6 is 0 Å². The molecule has 0 bridgehead atoms. The summed E-state index contributed by atoms with van der Waals surface area (Å²) in [4.78, 5) is 12.6. The Morgan fingerprint density at radius 2 is 1.83 bits per heavy atom. The normalized spacial score (nSPS) is 14.1. The van der Waals surface area contributed by atoms with Crippen LogP contribution < -0.4 is 19.5 Å². The van der Waals surface area contributed by atoms with Gasteiger partial charge in [0, 0.05) is 17.6 Å². The van der Waals surface area contributed by atoms with Crippen molar-refractivity contribution in [2.24, 2.45) is 0 Å². The van der Waals surface area contributed by atoms with E-state index >= 15 is 0 Å². The first kappa shape index (κ1) is 21.7. The number of hydrogen-bond donors (Lipinski definition) is 1. The molecular formula is C23H31N3O4. The van der Waals surface area contributed by atoms with Gasteiger partial charge < -0.3 is 19.5 Å². The van der Waals surface area contributed by atoms with E-state index in [4.69, 9.17) is 19.3 Å². The Hall–Kier alpha value is -2.96. The van der Waals surface area contributed by atoms with Gasteiger partial charge in [-0.2, -0.15) is 5.10 Å². The monoisotopic (exact) mass is 413 g/mol. The lowest BCUT2D eigenvalue weighted by atomic mass is 9.92. The lowest BCUT2D eigenvalue weighted by molar-refractivity contribution is -0.111. The molecule has 0 unspecified atom stereocenters. The first-order valence-corrected chi connectivity index (χ1v) is 10.1. The molecule has 162 valence electrons. The first-order chi connectivity index (χ1) is 14.0. The van der Waals surface area contributed by atoms with Crippen molar-refractivity contribution in [1.82, 2.24) is 9.78 Å². The third-order valence-electron chi connectivity index (χ3n) is 4.64. The Morgan fingerprint density at radius 1 is 1.13 bits per heavy atom. The van der Waals surface area contributed by atoms with Gasteiger partial charge >= 0.3 is 0 Å². The highest BCUT2D eigenvalue weighted by atomic mass is 16.6. The SMILES string of the molecule is COc1cc(/C=C/C(=O)Nc2cc(C(C)(C)C)nn2C(C)(C)C)cc2c1OCCO2. The van der Waals surface area contributed by atoms with E-state index in [1.807, 2.05) is 22.9 Å². The quantitative estimate of drug-likeness (QED) is 0.754. The molecule has 3 rings (SSSR count). The average molecular weight is 414 g/mol. The van der Waals surface area contributed by atoms with Gasteiger partial charge in [0.1, 0.15) is 19.0 Å². The third kappa shape index (κ3) is 4.78. The highest BCUT2D eigenvalue weighted by Gasteiger charge is 2.25. The molecule has 0 radical (unpaired) electrons. The van der Waals surface area contributed by atoms with Crippen molar-refractivity contribution in [1.29, 1.82) is 0 Å². The van der Waals surface area contributed by atoms with Crippen molar-refractivity contribution in [3.63, 3.8) is 0 Å². The maximum Gasteiger partial charge on any atom is 0.249 e. The molecule has 7 nitrogen and oxygen atoms in total. The van der Waals surface area contributed by atoms with Crippen LogP contribution in [-0.2, 0) is 15.7 Å². The highest BCUT2D eigenvalue weighted by molar-refractivity contribution is 6.01. The summed E-state index contributed by atoms with van der Waals surface area (Å²) in [5.74, 6) is 2.21. The number of ether oxygens (including phenoxy) is 3. The van der Waals surface area contributed by atoms with Crippen LogP contribution in [0.2, 0.25) is 0 Å². The number of benzene rings is 1. The van der Waals surface area contributed by atoms with Crippen LogP contribution in [0.1, 0.15) is 52.8 Å². The van der Waals surface area contributed by atoms with Crippen molar-refractivity contribution < 1.29 is 19.0 Å². The zero-order valence-corrected chi connectivity index (χ0v) is 18.8. The number of hydrogen-bond acceptors (Lipinski definition) is 5. The molecule has 1 amide bonds. The van der Waals surface area contributed by atoms with Crippen molar-refractivity contribution in [2.75, 3.05) is 25.6 Å². The van der Waals surface area contributed by atoms with E-state index in [0.29, 0.717) is 36.3 Å². The Balaban J connectivity index is 1.82. The summed E-state index contributed by atoms with van der Waals surface area (Å²) in [6.07, 6.45) is 3.21. The maximum absolute atomic E-state index is 12.6. The van der Waals surface area contributed by atoms with Gasteiger partial charge in [-0.05, 0) is 44.5 Å². The minimum atomic E-state index is -0.265. The van der Waals surface area contributed by atoms with E-state index in [9.17, 15) is 4.79 Å². The van der Waals surface area contributed by atoms with Crippen molar-refractivity contribution >= 4 is 17.8 Å². The van der Waals surface area contributed by atoms with Crippen molar-refractivity contribution in [2.45, 2.75) is 52.5 Å². The Bertz CT molecular complexity index is 945. The molecular weight excluding hydrogens is 382 g/mol. The molecule has 1 aliphatic heterocycles. The van der Waals surface area contributed by atoms with E-state index in [0.717, 1.165) is 11.3 Å². The largest absolute Gasteiger partial charge is 0.493 e. The molecule has 0 spiro atoms. The number of methoxy groups -OCH3 is 1. The summed E-state index contributed by atoms with van der Waals surface area (Å²) in [5, 5.41) is 7.68. The van der Waals surface area contributed by atoms with Crippen molar-refractivity contribution in [3.05, 3.63) is 35.5 Å². The van der Waals surface area contributed by atoms with E-state index in [-0.39, 0.29) is 16.9 Å². The first-order valence-electron chi connectivity index (χ1n) is 10.1. The molecule has 1 aliphatic rings. The molecule has 0 saturated heterocycles. The lowest BCUT2D eigenvalue weighted by Crippen LogP contribution is -2.27. The van der Waals surface area contributed by atoms with Crippen LogP contribution in [0.5, 0.6) is 17.2 Å². The molecule has 7 heteroatoms. The molecule has 2 aromatic rings. The van der Waals surface area contributed by atoms with Gasteiger partial charge in [0.25, 0.3) is 0 Å². The minimum Gasteiger partial charge on any atom is -0.493 e. The Morgan fingerprint density at radius 3 is 2.47 bits per heavy atom. The predicted molar refractivity (Wildman–Crippen MR) is 118 cm³/mol. The summed E-state index contributed by atoms with van der Waals surface area (Å²) < 4.78 is 18.5. The molecule has 2 heterocycles. The zero-order chi connectivity index (χ0) is 22.1. The lowest BCUT2D eigenvalue weighted by Gasteiger charge is -2.22. The number of carbonyl (C=O) groups excluding carboxylic acids is 1. The van der Waals surface area contributed by atoms with Crippen LogP contribution in [0.15, 0.2) is 24.3 Å². The molecule has 0 saturated carbocycles. The van der Waals surface area contributed by atoms with Crippen LogP contribution in [-0.4, -0.2) is 36.0 Å². The van der Waals surface area contributed by atoms with Gasteiger partial charge in [-0.25, -0.2) is 4.68 Å². The molecule has 30 heavy (non-hydrogen) atoms. The number of nitrogens with one attached hydrogen (secondary N) is 1. The molecule has 1 aromatic heterocycles. The molecule has 0 atom stereocenters. The minimum absolute atomic E-state index is 0.117. The number of anilines is 1. The topological polar surface area (TPSA) is 74.6 Å². The fraction of sp³-hybridized carbons (Fsp3) is 0.478. The van der Waals surface area contributed by atoms with Crippen molar-refractivity contribution in [3.8, 4) is 17.2 Å². The van der Waals surface area contributed by atoms with E-state index in [2.05, 4.69) is 46.9 Å². The summed E-state index contributed by atoms with van der Waals surface area (Å²) in [6.45, 7) is 13.4. The highest BCUT2D eigenvalue weighted by Crippen LogP contribution is 2.40. The van der Waals surface area contributed by atoms with Gasteiger partial charge in [-0.3, -0.25) is 4.79 Å². The van der Waals surface area contributed by atoms with Gasteiger partial charge in [0.05, 0.1) is 18.3 Å². The summed E-state index contributed by atoms with van der Waals surface area (Å²) in [5.41, 5.74) is 1.33. The van der Waals surface area contributed by atoms with Crippen LogP contribution in [0.3, 0.4) is 0 Å². The van der Waals surface area contributed by atoms with Gasteiger partial charge in [-0.1, -0.05) is 20.8 Å². The van der Waals surface area contributed by atoms with Gasteiger partial charge in [0.15, 0.2) is 11.5 Å². The van der Waals surface area contributed by atoms with Crippen LogP contribution in [0, 0.1) is 0 Å². The van der Waals surface area contributed by atoms with Crippen LogP contribution in [0.25, 0.3) is 6.08 Å². The van der Waals surface area contributed by atoms with E-state index < -0.39 is 0 Å². The average Bonchev–Trinajstić information content (AvgIpc) is 3.10. The van der Waals surface area contributed by atoms with Crippen LogP contribution in [0.4, 0.5) is 5.82 Å². The molecule has 0 fully saturated rings. The Labute approximate surface area is 178 Å². The second kappa shape index (κ2) is 8.05. The maximum atomic E-state index is 12.6. The zero-order valence-electron chi connectivity index (χ0n) is 18.8. The standard InChI is InChI=1S/C23H31N3O4/c1-22(2,3)18-14-19(26(25-18)23(4,5)6)24-20(27)9-8-15-12-16(28-7)21-17(13-15)29-10-11-30-21/h8-9,12-14H,10-11H2,1-7H3,(H,24,27)/b9-8+. The molecule has 1 aromatic carbocycles.